The fourth-order valence-electron chi connectivity index (χ4n) is 1.88. The lowest BCUT2D eigenvalue weighted by molar-refractivity contribution is -0.156. The largest absolute Gasteiger partial charge is 0.467 e. The van der Waals surface area contributed by atoms with Crippen molar-refractivity contribution in [2.45, 2.75) is 38.6 Å². The Hall–Kier alpha value is -0.710. The van der Waals surface area contributed by atoms with E-state index in [9.17, 15) is 9.59 Å². The molecule has 1 fully saturated rings. The number of esters is 1. The van der Waals surface area contributed by atoms with E-state index in [1.165, 1.54) is 7.11 Å². The number of carbonyl (C=O) groups is 2. The molecule has 2 atom stereocenters. The van der Waals surface area contributed by atoms with Crippen LogP contribution < -0.4 is 0 Å². The molecule has 1 heterocycles. The van der Waals surface area contributed by atoms with E-state index >= 15 is 0 Å². The molecule has 0 aliphatic carbocycles. The first kappa shape index (κ1) is 13.4. The SMILES string of the molecule is COC(=O)[C@@]1(C)CS[C@@H](C(C)(C)C)N1C=O. The minimum Gasteiger partial charge on any atom is -0.467 e. The molecule has 92 valence electrons. The predicted molar refractivity (Wildman–Crippen MR) is 64.0 cm³/mol. The predicted octanol–water partition coefficient (Wildman–Crippen LogP) is 1.50. The third kappa shape index (κ3) is 2.05. The highest BCUT2D eigenvalue weighted by molar-refractivity contribution is 8.00. The molecule has 0 aromatic carbocycles. The first-order chi connectivity index (χ1) is 7.27. The topological polar surface area (TPSA) is 46.6 Å². The molecule has 1 aliphatic rings. The molecule has 1 saturated heterocycles. The van der Waals surface area contributed by atoms with E-state index in [-0.39, 0.29) is 16.8 Å². The number of ether oxygens (including phenoxy) is 1. The monoisotopic (exact) mass is 245 g/mol. The van der Waals surface area contributed by atoms with Crippen molar-refractivity contribution in [2.75, 3.05) is 12.9 Å². The average Bonchev–Trinajstić information content (AvgIpc) is 2.54. The van der Waals surface area contributed by atoms with E-state index in [1.807, 2.05) is 0 Å². The molecule has 0 saturated carbocycles. The molecule has 0 aromatic rings. The molecule has 0 aromatic heterocycles. The Morgan fingerprint density at radius 3 is 2.50 bits per heavy atom. The molecule has 0 bridgehead atoms. The van der Waals surface area contributed by atoms with Gasteiger partial charge in [0.2, 0.25) is 6.41 Å². The van der Waals surface area contributed by atoms with Gasteiger partial charge < -0.3 is 9.64 Å². The Balaban J connectivity index is 3.02. The Bertz CT molecular complexity index is 300. The molecule has 0 spiro atoms. The minimum absolute atomic E-state index is 0.00843. The number of rotatable bonds is 2. The molecule has 0 unspecified atom stereocenters. The van der Waals surface area contributed by atoms with Crippen molar-refractivity contribution in [2.24, 2.45) is 5.41 Å². The average molecular weight is 245 g/mol. The maximum atomic E-state index is 11.7. The molecule has 1 rings (SSSR count). The number of hydrogen-bond donors (Lipinski definition) is 0. The Labute approximate surface area is 101 Å². The maximum Gasteiger partial charge on any atom is 0.332 e. The van der Waals surface area contributed by atoms with Crippen LogP contribution in [0.3, 0.4) is 0 Å². The summed E-state index contributed by atoms with van der Waals surface area (Å²) in [5.74, 6) is 0.235. The summed E-state index contributed by atoms with van der Waals surface area (Å²) in [6.45, 7) is 7.94. The second-order valence-corrected chi connectivity index (χ2v) is 6.38. The molecule has 5 heteroatoms. The van der Waals surface area contributed by atoms with Crippen LogP contribution in [0.4, 0.5) is 0 Å². The van der Waals surface area contributed by atoms with Crippen LogP contribution in [0.15, 0.2) is 0 Å². The van der Waals surface area contributed by atoms with Gasteiger partial charge in [-0.3, -0.25) is 4.79 Å². The molecule has 0 N–H and O–H groups in total. The van der Waals surface area contributed by atoms with Crippen molar-refractivity contribution in [3.63, 3.8) is 0 Å². The zero-order valence-electron chi connectivity index (χ0n) is 10.4. The van der Waals surface area contributed by atoms with Gasteiger partial charge >= 0.3 is 5.97 Å². The van der Waals surface area contributed by atoms with Gasteiger partial charge in [0.25, 0.3) is 0 Å². The number of nitrogens with zero attached hydrogens (tertiary/aromatic N) is 1. The maximum absolute atomic E-state index is 11.7. The van der Waals surface area contributed by atoms with Gasteiger partial charge in [-0.15, -0.1) is 11.8 Å². The van der Waals surface area contributed by atoms with E-state index in [4.69, 9.17) is 4.74 Å². The van der Waals surface area contributed by atoms with Gasteiger partial charge in [0, 0.05) is 5.75 Å². The first-order valence-corrected chi connectivity index (χ1v) is 6.26. The fourth-order valence-corrected chi connectivity index (χ4v) is 3.57. The number of carbonyl (C=O) groups excluding carboxylic acids is 2. The van der Waals surface area contributed by atoms with Crippen molar-refractivity contribution in [1.29, 1.82) is 0 Å². The summed E-state index contributed by atoms with van der Waals surface area (Å²) in [5, 5.41) is 0.00843. The summed E-state index contributed by atoms with van der Waals surface area (Å²) < 4.78 is 4.78. The van der Waals surface area contributed by atoms with Gasteiger partial charge in [0.1, 0.15) is 5.54 Å². The number of amides is 1. The second kappa shape index (κ2) is 4.28. The molecule has 1 aliphatic heterocycles. The summed E-state index contributed by atoms with van der Waals surface area (Å²) in [6, 6.07) is 0. The van der Waals surface area contributed by atoms with Crippen LogP contribution in [0.25, 0.3) is 0 Å². The Morgan fingerprint density at radius 1 is 1.56 bits per heavy atom. The van der Waals surface area contributed by atoms with E-state index in [0.717, 1.165) is 6.41 Å². The lowest BCUT2D eigenvalue weighted by Gasteiger charge is -2.37. The van der Waals surface area contributed by atoms with Crippen molar-refractivity contribution in [3.8, 4) is 0 Å². The summed E-state index contributed by atoms with van der Waals surface area (Å²) in [5.41, 5.74) is -0.892. The quantitative estimate of drug-likeness (QED) is 0.546. The van der Waals surface area contributed by atoms with Crippen LogP contribution in [0.1, 0.15) is 27.7 Å². The number of methoxy groups -OCH3 is 1. The molecule has 0 radical (unpaired) electrons. The van der Waals surface area contributed by atoms with E-state index in [2.05, 4.69) is 20.8 Å². The van der Waals surface area contributed by atoms with Crippen LogP contribution in [0.5, 0.6) is 0 Å². The van der Waals surface area contributed by atoms with Crippen LogP contribution in [-0.2, 0) is 14.3 Å². The molecule has 16 heavy (non-hydrogen) atoms. The summed E-state index contributed by atoms with van der Waals surface area (Å²) in [4.78, 5) is 24.5. The summed E-state index contributed by atoms with van der Waals surface area (Å²) in [6.07, 6.45) is 0.757. The van der Waals surface area contributed by atoms with Crippen molar-refractivity contribution in [3.05, 3.63) is 0 Å². The minimum atomic E-state index is -0.834. The third-order valence-electron chi connectivity index (χ3n) is 2.82. The lowest BCUT2D eigenvalue weighted by Crippen LogP contribution is -2.54. The normalized spacial score (nSPS) is 30.3. The van der Waals surface area contributed by atoms with Gasteiger partial charge in [0.05, 0.1) is 12.5 Å². The van der Waals surface area contributed by atoms with Crippen LogP contribution in [-0.4, -0.2) is 41.1 Å². The molecular formula is C11H19NO3S. The highest BCUT2D eigenvalue weighted by atomic mass is 32.2. The Kier molecular flexibility index (Phi) is 3.57. The van der Waals surface area contributed by atoms with Crippen molar-refractivity contribution < 1.29 is 14.3 Å². The van der Waals surface area contributed by atoms with Crippen LogP contribution >= 0.6 is 11.8 Å². The van der Waals surface area contributed by atoms with Gasteiger partial charge in [0.15, 0.2) is 0 Å². The van der Waals surface area contributed by atoms with Crippen LogP contribution in [0.2, 0.25) is 0 Å². The van der Waals surface area contributed by atoms with Crippen molar-refractivity contribution >= 4 is 24.1 Å². The highest BCUT2D eigenvalue weighted by Crippen LogP contribution is 2.44. The van der Waals surface area contributed by atoms with Gasteiger partial charge in [-0.25, -0.2) is 4.79 Å². The van der Waals surface area contributed by atoms with Gasteiger partial charge in [-0.1, -0.05) is 20.8 Å². The summed E-state index contributed by atoms with van der Waals surface area (Å²) >= 11 is 1.63. The fraction of sp³-hybridized carbons (Fsp3) is 0.818. The molecule has 4 nitrogen and oxygen atoms in total. The van der Waals surface area contributed by atoms with E-state index in [1.54, 1.807) is 23.6 Å². The first-order valence-electron chi connectivity index (χ1n) is 5.21. The molecule has 1 amide bonds. The summed E-state index contributed by atoms with van der Waals surface area (Å²) in [7, 11) is 1.35. The van der Waals surface area contributed by atoms with E-state index in [0.29, 0.717) is 5.75 Å². The molecular weight excluding hydrogens is 226 g/mol. The zero-order valence-corrected chi connectivity index (χ0v) is 11.3. The number of thioether (sulfide) groups is 1. The standard InChI is InChI=1S/C11H19NO3S/c1-10(2,3)8-12(7-13)11(4,6-16-8)9(14)15-5/h7-8H,6H2,1-5H3/t8-,11+/m0/s1. The second-order valence-electron chi connectivity index (χ2n) is 5.31. The highest BCUT2D eigenvalue weighted by Gasteiger charge is 2.52. The lowest BCUT2D eigenvalue weighted by atomic mass is 9.92. The smallest absolute Gasteiger partial charge is 0.332 e. The Morgan fingerprint density at radius 2 is 2.12 bits per heavy atom. The number of hydrogen-bond acceptors (Lipinski definition) is 4. The van der Waals surface area contributed by atoms with E-state index < -0.39 is 5.54 Å². The third-order valence-corrected chi connectivity index (χ3v) is 4.80. The van der Waals surface area contributed by atoms with Gasteiger partial charge in [-0.2, -0.15) is 0 Å². The zero-order chi connectivity index (χ0) is 12.6. The van der Waals surface area contributed by atoms with Crippen LogP contribution in [0, 0.1) is 5.41 Å². The van der Waals surface area contributed by atoms with Gasteiger partial charge in [-0.05, 0) is 12.3 Å². The van der Waals surface area contributed by atoms with Crippen molar-refractivity contribution in [1.82, 2.24) is 4.90 Å².